The van der Waals surface area contributed by atoms with Crippen molar-refractivity contribution in [1.82, 2.24) is 5.32 Å². The molecule has 0 spiro atoms. The van der Waals surface area contributed by atoms with Gasteiger partial charge in [0.05, 0.1) is 6.04 Å². The topological polar surface area (TPSA) is 58.2 Å². The zero-order valence-corrected chi connectivity index (χ0v) is 15.8. The van der Waals surface area contributed by atoms with Gasteiger partial charge in [-0.15, -0.1) is 0 Å². The fourth-order valence-corrected chi connectivity index (χ4v) is 2.46. The molecule has 2 aromatic carbocycles. The Balaban J connectivity index is 1.92. The molecule has 0 saturated carbocycles. The summed E-state index contributed by atoms with van der Waals surface area (Å²) in [7, 11) is 0. The van der Waals surface area contributed by atoms with Crippen LogP contribution >= 0.6 is 15.9 Å². The van der Waals surface area contributed by atoms with E-state index in [-0.39, 0.29) is 17.9 Å². The van der Waals surface area contributed by atoms with Gasteiger partial charge >= 0.3 is 0 Å². The Bertz CT molecular complexity index is 752. The number of nitrogens with one attached hydrogen (secondary N) is 2. The summed E-state index contributed by atoms with van der Waals surface area (Å²) in [5.41, 5.74) is 2.69. The number of halogens is 1. The first-order chi connectivity index (χ1) is 12.0. The van der Waals surface area contributed by atoms with Crippen LogP contribution in [0.4, 0.5) is 5.69 Å². The monoisotopic (exact) mass is 400 g/mol. The van der Waals surface area contributed by atoms with Crippen LogP contribution in [0.25, 0.3) is 6.08 Å². The fraction of sp³-hybridized carbons (Fsp3) is 0.200. The van der Waals surface area contributed by atoms with Gasteiger partial charge in [0.25, 0.3) is 0 Å². The average molecular weight is 401 g/mol. The molecule has 0 radical (unpaired) electrons. The molecule has 25 heavy (non-hydrogen) atoms. The molecule has 0 aliphatic rings. The van der Waals surface area contributed by atoms with Crippen molar-refractivity contribution in [2.24, 2.45) is 0 Å². The predicted octanol–water partition coefficient (Wildman–Crippen LogP) is 4.69. The van der Waals surface area contributed by atoms with Gasteiger partial charge in [-0.2, -0.15) is 0 Å². The zero-order valence-electron chi connectivity index (χ0n) is 14.3. The Hall–Kier alpha value is -2.40. The number of anilines is 1. The first kappa shape index (κ1) is 18.9. The molecule has 0 saturated heterocycles. The first-order valence-corrected chi connectivity index (χ1v) is 8.91. The Morgan fingerprint density at radius 3 is 2.32 bits per heavy atom. The molecule has 2 N–H and O–H groups in total. The molecule has 2 amide bonds. The van der Waals surface area contributed by atoms with Crippen LogP contribution in [0.2, 0.25) is 0 Å². The van der Waals surface area contributed by atoms with Crippen molar-refractivity contribution < 1.29 is 9.59 Å². The Morgan fingerprint density at radius 2 is 1.72 bits per heavy atom. The summed E-state index contributed by atoms with van der Waals surface area (Å²) in [6, 6.07) is 15.1. The number of benzene rings is 2. The summed E-state index contributed by atoms with van der Waals surface area (Å²) < 4.78 is 1.00. The summed E-state index contributed by atoms with van der Waals surface area (Å²) in [5, 5.41) is 5.73. The van der Waals surface area contributed by atoms with E-state index in [4.69, 9.17) is 0 Å². The van der Waals surface area contributed by atoms with E-state index in [9.17, 15) is 9.59 Å². The van der Waals surface area contributed by atoms with E-state index >= 15 is 0 Å². The Labute approximate surface area is 156 Å². The molecule has 4 nitrogen and oxygen atoms in total. The second-order valence-corrected chi connectivity index (χ2v) is 6.55. The smallest absolute Gasteiger partial charge is 0.244 e. The van der Waals surface area contributed by atoms with E-state index in [1.165, 1.54) is 6.08 Å². The van der Waals surface area contributed by atoms with Gasteiger partial charge in [-0.05, 0) is 48.4 Å². The third-order valence-corrected chi connectivity index (χ3v) is 4.20. The van der Waals surface area contributed by atoms with E-state index in [1.54, 1.807) is 6.08 Å². The minimum Gasteiger partial charge on any atom is -0.346 e. The van der Waals surface area contributed by atoms with Gasteiger partial charge in [0.1, 0.15) is 0 Å². The SMILES string of the molecule is CCC(=O)Nc1ccc(C(C)NC(=O)/C=C/c2ccc(Br)cc2)cc1. The van der Waals surface area contributed by atoms with Crippen LogP contribution in [0.15, 0.2) is 59.1 Å². The maximum absolute atomic E-state index is 12.1. The summed E-state index contributed by atoms with van der Waals surface area (Å²) in [4.78, 5) is 23.4. The highest BCUT2D eigenvalue weighted by atomic mass is 79.9. The number of rotatable bonds is 6. The summed E-state index contributed by atoms with van der Waals surface area (Å²) in [6.45, 7) is 3.73. The van der Waals surface area contributed by atoms with Gasteiger partial charge in [0.15, 0.2) is 0 Å². The molecule has 2 rings (SSSR count). The summed E-state index contributed by atoms with van der Waals surface area (Å²) >= 11 is 3.38. The Kier molecular flexibility index (Phi) is 6.95. The minimum atomic E-state index is -0.154. The lowest BCUT2D eigenvalue weighted by Crippen LogP contribution is -2.24. The molecular weight excluding hydrogens is 380 g/mol. The van der Waals surface area contributed by atoms with Gasteiger partial charge in [-0.25, -0.2) is 0 Å². The lowest BCUT2D eigenvalue weighted by Gasteiger charge is -2.14. The second-order valence-electron chi connectivity index (χ2n) is 5.64. The third-order valence-electron chi connectivity index (χ3n) is 3.67. The van der Waals surface area contributed by atoms with Crippen LogP contribution in [0.3, 0.4) is 0 Å². The van der Waals surface area contributed by atoms with Crippen molar-refractivity contribution in [2.75, 3.05) is 5.32 Å². The highest BCUT2D eigenvalue weighted by molar-refractivity contribution is 9.10. The largest absolute Gasteiger partial charge is 0.346 e. The molecule has 1 atom stereocenters. The maximum Gasteiger partial charge on any atom is 0.244 e. The molecule has 130 valence electrons. The highest BCUT2D eigenvalue weighted by Gasteiger charge is 2.08. The number of carbonyl (C=O) groups is 2. The zero-order chi connectivity index (χ0) is 18.2. The molecule has 0 bridgehead atoms. The molecular formula is C20H21BrN2O2. The molecule has 0 fully saturated rings. The van der Waals surface area contributed by atoms with Gasteiger partial charge < -0.3 is 10.6 Å². The van der Waals surface area contributed by atoms with Gasteiger partial charge in [0, 0.05) is 22.7 Å². The van der Waals surface area contributed by atoms with Crippen LogP contribution in [0, 0.1) is 0 Å². The lowest BCUT2D eigenvalue weighted by molar-refractivity contribution is -0.117. The van der Waals surface area contributed by atoms with Crippen molar-refractivity contribution in [3.63, 3.8) is 0 Å². The highest BCUT2D eigenvalue weighted by Crippen LogP contribution is 2.16. The normalized spacial score (nSPS) is 12.0. The van der Waals surface area contributed by atoms with Crippen LogP contribution in [-0.2, 0) is 9.59 Å². The van der Waals surface area contributed by atoms with E-state index in [0.29, 0.717) is 6.42 Å². The molecule has 0 heterocycles. The van der Waals surface area contributed by atoms with E-state index in [0.717, 1.165) is 21.3 Å². The van der Waals surface area contributed by atoms with Gasteiger partial charge in [-0.1, -0.05) is 47.1 Å². The number of hydrogen-bond donors (Lipinski definition) is 2. The standard InChI is InChI=1S/C20H21BrN2O2/c1-3-19(24)23-18-11-7-16(8-12-18)14(2)22-20(25)13-6-15-4-9-17(21)10-5-15/h4-14H,3H2,1-2H3,(H,22,25)(H,23,24)/b13-6+. The Morgan fingerprint density at radius 1 is 1.08 bits per heavy atom. The number of carbonyl (C=O) groups excluding carboxylic acids is 2. The van der Waals surface area contributed by atoms with Crippen molar-refractivity contribution in [1.29, 1.82) is 0 Å². The second kappa shape index (κ2) is 9.18. The van der Waals surface area contributed by atoms with Crippen LogP contribution < -0.4 is 10.6 Å². The van der Waals surface area contributed by atoms with Crippen molar-refractivity contribution >= 4 is 39.5 Å². The van der Waals surface area contributed by atoms with Crippen molar-refractivity contribution in [2.45, 2.75) is 26.3 Å². The summed E-state index contributed by atoms with van der Waals surface area (Å²) in [5.74, 6) is -0.175. The van der Waals surface area contributed by atoms with Gasteiger partial charge in [-0.3, -0.25) is 9.59 Å². The molecule has 0 aliphatic carbocycles. The quantitative estimate of drug-likeness (QED) is 0.690. The summed E-state index contributed by atoms with van der Waals surface area (Å²) in [6.07, 6.45) is 3.74. The number of amides is 2. The predicted molar refractivity (Wildman–Crippen MR) is 105 cm³/mol. The van der Waals surface area contributed by atoms with E-state index in [2.05, 4.69) is 26.6 Å². The molecule has 1 unspecified atom stereocenters. The maximum atomic E-state index is 12.1. The molecule has 2 aromatic rings. The minimum absolute atomic E-state index is 0.0211. The van der Waals surface area contributed by atoms with Crippen molar-refractivity contribution in [3.05, 3.63) is 70.2 Å². The molecule has 0 aromatic heterocycles. The van der Waals surface area contributed by atoms with Crippen LogP contribution in [0.5, 0.6) is 0 Å². The van der Waals surface area contributed by atoms with E-state index < -0.39 is 0 Å². The van der Waals surface area contributed by atoms with Crippen molar-refractivity contribution in [3.8, 4) is 0 Å². The third kappa shape index (κ3) is 6.19. The first-order valence-electron chi connectivity index (χ1n) is 8.12. The number of hydrogen-bond acceptors (Lipinski definition) is 2. The van der Waals surface area contributed by atoms with Gasteiger partial charge in [0.2, 0.25) is 11.8 Å². The van der Waals surface area contributed by atoms with E-state index in [1.807, 2.05) is 62.4 Å². The lowest BCUT2D eigenvalue weighted by atomic mass is 10.1. The molecule has 5 heteroatoms. The van der Waals surface area contributed by atoms with Crippen LogP contribution in [0.1, 0.15) is 37.4 Å². The van der Waals surface area contributed by atoms with Crippen LogP contribution in [-0.4, -0.2) is 11.8 Å². The average Bonchev–Trinajstić information content (AvgIpc) is 2.61. The fourth-order valence-electron chi connectivity index (χ4n) is 2.20. The molecule has 0 aliphatic heterocycles.